The number of esters is 1. The Morgan fingerprint density at radius 3 is 2.92 bits per heavy atom. The summed E-state index contributed by atoms with van der Waals surface area (Å²) in [4.78, 5) is 30.1. The third kappa shape index (κ3) is 3.18. The fourth-order valence-electron chi connectivity index (χ4n) is 3.31. The zero-order chi connectivity index (χ0) is 17.1. The number of carbonyl (C=O) groups is 2. The lowest BCUT2D eigenvalue weighted by Gasteiger charge is -2.23. The second-order valence-corrected chi connectivity index (χ2v) is 6.03. The number of anilines is 1. The number of nitrogens with zero attached hydrogens (tertiary/aromatic N) is 2. The van der Waals surface area contributed by atoms with Gasteiger partial charge in [0.05, 0.1) is 17.8 Å². The lowest BCUT2D eigenvalue weighted by Crippen LogP contribution is -2.25. The molecule has 0 radical (unpaired) electrons. The van der Waals surface area contributed by atoms with Crippen molar-refractivity contribution in [2.75, 3.05) is 24.6 Å². The van der Waals surface area contributed by atoms with Crippen LogP contribution in [0.25, 0.3) is 10.9 Å². The van der Waals surface area contributed by atoms with Crippen LogP contribution in [0.3, 0.4) is 0 Å². The number of rotatable bonds is 5. The van der Waals surface area contributed by atoms with Gasteiger partial charge in [-0.3, -0.25) is 9.78 Å². The molecule has 1 saturated heterocycles. The molecular formula is C18H21N3O3. The number of nitrogens with two attached hydrogens (primary N) is 1. The Labute approximate surface area is 140 Å². The highest BCUT2D eigenvalue weighted by molar-refractivity contribution is 6.05. The van der Waals surface area contributed by atoms with Crippen molar-refractivity contribution in [1.82, 2.24) is 4.98 Å². The summed E-state index contributed by atoms with van der Waals surface area (Å²) >= 11 is 0. The average Bonchev–Trinajstić information content (AvgIpc) is 3.01. The number of hydrogen-bond donors (Lipinski definition) is 1. The summed E-state index contributed by atoms with van der Waals surface area (Å²) in [6.45, 7) is 3.57. The quantitative estimate of drug-likeness (QED) is 0.850. The minimum Gasteiger partial charge on any atom is -0.462 e. The molecule has 1 fully saturated rings. The summed E-state index contributed by atoms with van der Waals surface area (Å²) in [7, 11) is 0. The molecular weight excluding hydrogens is 306 g/mol. The minimum absolute atomic E-state index is 0.212. The third-order valence-electron chi connectivity index (χ3n) is 4.33. The van der Waals surface area contributed by atoms with Gasteiger partial charge in [0.25, 0.3) is 0 Å². The fourth-order valence-corrected chi connectivity index (χ4v) is 3.31. The number of amides is 1. The maximum absolute atomic E-state index is 12.4. The summed E-state index contributed by atoms with van der Waals surface area (Å²) in [6.07, 6.45) is 2.83. The van der Waals surface area contributed by atoms with Gasteiger partial charge in [-0.25, -0.2) is 4.79 Å². The first-order valence-corrected chi connectivity index (χ1v) is 8.18. The summed E-state index contributed by atoms with van der Waals surface area (Å²) in [5.74, 6) is -0.444. The standard InChI is InChI=1S/C18H21N3O3/c1-2-24-18(23)14-10-20-15-6-4-3-5-13(15)17(14)21-8-7-12(11-21)9-16(19)22/h3-6,10,12H,2,7-9,11H2,1H3,(H2,19,22). The summed E-state index contributed by atoms with van der Waals surface area (Å²) < 4.78 is 5.19. The molecule has 0 aliphatic carbocycles. The van der Waals surface area contributed by atoms with Crippen LogP contribution in [0.5, 0.6) is 0 Å². The Bertz CT molecular complexity index is 775. The van der Waals surface area contributed by atoms with Crippen molar-refractivity contribution in [3.05, 3.63) is 36.0 Å². The van der Waals surface area contributed by atoms with E-state index in [9.17, 15) is 9.59 Å². The maximum Gasteiger partial charge on any atom is 0.341 e. The number of para-hydroxylation sites is 1. The summed E-state index contributed by atoms with van der Waals surface area (Å²) in [5, 5.41) is 0.919. The van der Waals surface area contributed by atoms with E-state index in [-0.39, 0.29) is 17.8 Å². The normalized spacial score (nSPS) is 17.2. The Balaban J connectivity index is 2.02. The van der Waals surface area contributed by atoms with Crippen molar-refractivity contribution in [1.29, 1.82) is 0 Å². The molecule has 0 bridgehead atoms. The second-order valence-electron chi connectivity index (χ2n) is 6.03. The van der Waals surface area contributed by atoms with Gasteiger partial charge in [0.1, 0.15) is 5.56 Å². The summed E-state index contributed by atoms with van der Waals surface area (Å²) in [5.41, 5.74) is 7.46. The van der Waals surface area contributed by atoms with Crippen LogP contribution in [0.1, 0.15) is 30.1 Å². The van der Waals surface area contributed by atoms with Gasteiger partial charge in [0.2, 0.25) is 5.91 Å². The first-order valence-electron chi connectivity index (χ1n) is 8.18. The van der Waals surface area contributed by atoms with E-state index in [0.29, 0.717) is 25.1 Å². The van der Waals surface area contributed by atoms with Crippen molar-refractivity contribution in [2.24, 2.45) is 11.7 Å². The van der Waals surface area contributed by atoms with Crippen molar-refractivity contribution in [3.8, 4) is 0 Å². The number of primary amides is 1. The van der Waals surface area contributed by atoms with E-state index < -0.39 is 0 Å². The Morgan fingerprint density at radius 1 is 1.38 bits per heavy atom. The van der Waals surface area contributed by atoms with Gasteiger partial charge in [-0.1, -0.05) is 18.2 Å². The van der Waals surface area contributed by atoms with Crippen LogP contribution in [0.4, 0.5) is 5.69 Å². The van der Waals surface area contributed by atoms with E-state index in [1.54, 1.807) is 13.1 Å². The highest BCUT2D eigenvalue weighted by atomic mass is 16.5. The molecule has 24 heavy (non-hydrogen) atoms. The molecule has 6 heteroatoms. The van der Waals surface area contributed by atoms with Gasteiger partial charge in [-0.05, 0) is 25.3 Å². The first kappa shape index (κ1) is 16.2. The molecule has 0 spiro atoms. The molecule has 2 heterocycles. The Hall–Kier alpha value is -2.63. The number of ether oxygens (including phenoxy) is 1. The molecule has 126 valence electrons. The highest BCUT2D eigenvalue weighted by Gasteiger charge is 2.29. The van der Waals surface area contributed by atoms with E-state index in [2.05, 4.69) is 9.88 Å². The molecule has 1 aromatic carbocycles. The largest absolute Gasteiger partial charge is 0.462 e. The van der Waals surface area contributed by atoms with Gasteiger partial charge < -0.3 is 15.4 Å². The van der Waals surface area contributed by atoms with Gasteiger partial charge in [-0.2, -0.15) is 0 Å². The van der Waals surface area contributed by atoms with Gasteiger partial charge >= 0.3 is 5.97 Å². The van der Waals surface area contributed by atoms with E-state index >= 15 is 0 Å². The van der Waals surface area contributed by atoms with Crippen molar-refractivity contribution >= 4 is 28.5 Å². The molecule has 1 aliphatic rings. The van der Waals surface area contributed by atoms with Gasteiger partial charge in [0, 0.05) is 31.1 Å². The number of hydrogen-bond acceptors (Lipinski definition) is 5. The molecule has 0 saturated carbocycles. The van der Waals surface area contributed by atoms with E-state index in [1.807, 2.05) is 24.3 Å². The number of fused-ring (bicyclic) bond motifs is 1. The van der Waals surface area contributed by atoms with Crippen molar-refractivity contribution in [3.63, 3.8) is 0 Å². The molecule has 1 aliphatic heterocycles. The van der Waals surface area contributed by atoms with Gasteiger partial charge in [-0.15, -0.1) is 0 Å². The molecule has 1 atom stereocenters. The topological polar surface area (TPSA) is 85.5 Å². The monoisotopic (exact) mass is 327 g/mol. The highest BCUT2D eigenvalue weighted by Crippen LogP contribution is 2.34. The smallest absolute Gasteiger partial charge is 0.341 e. The number of carbonyl (C=O) groups excluding carboxylic acids is 2. The van der Waals surface area contributed by atoms with Crippen LogP contribution in [0, 0.1) is 5.92 Å². The second kappa shape index (κ2) is 6.86. The average molecular weight is 327 g/mol. The van der Waals surface area contributed by atoms with Crippen LogP contribution in [-0.2, 0) is 9.53 Å². The lowest BCUT2D eigenvalue weighted by molar-refractivity contribution is -0.118. The van der Waals surface area contributed by atoms with Gasteiger partial charge in [0.15, 0.2) is 0 Å². The lowest BCUT2D eigenvalue weighted by atomic mass is 10.0. The van der Waals surface area contributed by atoms with E-state index in [4.69, 9.17) is 10.5 Å². The van der Waals surface area contributed by atoms with E-state index in [0.717, 1.165) is 29.6 Å². The predicted octanol–water partition coefficient (Wildman–Crippen LogP) is 2.11. The molecule has 1 amide bonds. The predicted molar refractivity (Wildman–Crippen MR) is 91.8 cm³/mol. The van der Waals surface area contributed by atoms with Crippen molar-refractivity contribution < 1.29 is 14.3 Å². The number of aromatic nitrogens is 1. The van der Waals surface area contributed by atoms with Crippen LogP contribution in [-0.4, -0.2) is 36.6 Å². The third-order valence-corrected chi connectivity index (χ3v) is 4.33. The maximum atomic E-state index is 12.4. The van der Waals surface area contributed by atoms with E-state index in [1.165, 1.54) is 0 Å². The molecule has 1 aromatic heterocycles. The number of benzene rings is 1. The number of pyridine rings is 1. The summed E-state index contributed by atoms with van der Waals surface area (Å²) in [6, 6.07) is 7.73. The minimum atomic E-state index is -0.371. The fraction of sp³-hybridized carbons (Fsp3) is 0.389. The molecule has 2 N–H and O–H groups in total. The molecule has 2 aromatic rings. The SMILES string of the molecule is CCOC(=O)c1cnc2ccccc2c1N1CCC(CC(N)=O)C1. The zero-order valence-corrected chi connectivity index (χ0v) is 13.7. The Kier molecular flexibility index (Phi) is 4.64. The van der Waals surface area contributed by atoms with Crippen LogP contribution < -0.4 is 10.6 Å². The molecule has 6 nitrogen and oxygen atoms in total. The van der Waals surface area contributed by atoms with Crippen LogP contribution >= 0.6 is 0 Å². The molecule has 3 rings (SSSR count). The first-order chi connectivity index (χ1) is 11.6. The van der Waals surface area contributed by atoms with Crippen molar-refractivity contribution in [2.45, 2.75) is 19.8 Å². The van der Waals surface area contributed by atoms with Crippen LogP contribution in [0.15, 0.2) is 30.5 Å². The Morgan fingerprint density at radius 2 is 2.17 bits per heavy atom. The van der Waals surface area contributed by atoms with Crippen LogP contribution in [0.2, 0.25) is 0 Å². The zero-order valence-electron chi connectivity index (χ0n) is 13.7. The molecule has 1 unspecified atom stereocenters.